The summed E-state index contributed by atoms with van der Waals surface area (Å²) in [5.74, 6) is -2.13. The zero-order valence-electron chi connectivity index (χ0n) is 8.33. The van der Waals surface area contributed by atoms with Gasteiger partial charge in [0.05, 0.1) is 24.3 Å². The maximum absolute atomic E-state index is 10.3. The molecule has 94 valence electrons. The maximum Gasteiger partial charge on any atom is 0.335 e. The smallest absolute Gasteiger partial charge is 0.335 e. The zero-order chi connectivity index (χ0) is 12.6. The second-order valence-corrected chi connectivity index (χ2v) is 2.63. The van der Waals surface area contributed by atoms with Crippen LogP contribution in [0.4, 0.5) is 0 Å². The number of aromatic carboxylic acids is 2. The molecule has 6 nitrogen and oxygen atoms in total. The van der Waals surface area contributed by atoms with Gasteiger partial charge >= 0.3 is 11.9 Å². The molecular formula is C10H15AlO6. The molecule has 0 bridgehead atoms. The van der Waals surface area contributed by atoms with Gasteiger partial charge in [-0.05, 0) is 24.3 Å². The topological polar surface area (TPSA) is 115 Å². The minimum absolute atomic E-state index is 0. The average molecular weight is 258 g/mol. The van der Waals surface area contributed by atoms with Gasteiger partial charge in [-0.3, -0.25) is 0 Å². The van der Waals surface area contributed by atoms with Crippen LogP contribution in [-0.4, -0.2) is 62.9 Å². The second-order valence-electron chi connectivity index (χ2n) is 2.63. The zero-order valence-corrected chi connectivity index (χ0v) is 8.33. The van der Waals surface area contributed by atoms with Gasteiger partial charge in [0.25, 0.3) is 0 Å². The molecule has 0 unspecified atom stereocenters. The summed E-state index contributed by atoms with van der Waals surface area (Å²) < 4.78 is 0. The van der Waals surface area contributed by atoms with Gasteiger partial charge in [-0.25, -0.2) is 9.59 Å². The van der Waals surface area contributed by atoms with E-state index in [9.17, 15) is 9.59 Å². The van der Waals surface area contributed by atoms with Gasteiger partial charge in [0.15, 0.2) is 17.4 Å². The highest BCUT2D eigenvalue weighted by Gasteiger charge is 2.04. The lowest BCUT2D eigenvalue weighted by Gasteiger charge is -1.94. The molecule has 1 aromatic rings. The third-order valence-electron chi connectivity index (χ3n) is 1.48. The molecule has 0 aliphatic rings. The van der Waals surface area contributed by atoms with E-state index in [0.717, 1.165) is 0 Å². The summed E-state index contributed by atoms with van der Waals surface area (Å²) in [4.78, 5) is 20.7. The number of hydrogen-bond donors (Lipinski definition) is 4. The molecule has 0 fully saturated rings. The number of aliphatic hydroxyl groups is 2. The lowest BCUT2D eigenvalue weighted by Crippen LogP contribution is -1.99. The van der Waals surface area contributed by atoms with Crippen molar-refractivity contribution in [2.45, 2.75) is 0 Å². The van der Waals surface area contributed by atoms with Crippen molar-refractivity contribution >= 4 is 29.3 Å². The molecule has 0 aromatic heterocycles. The van der Waals surface area contributed by atoms with Crippen LogP contribution in [0.25, 0.3) is 0 Å². The van der Waals surface area contributed by atoms with E-state index in [-0.39, 0.29) is 41.7 Å². The molecule has 0 atom stereocenters. The molecule has 0 aliphatic carbocycles. The van der Waals surface area contributed by atoms with E-state index in [1.807, 2.05) is 0 Å². The predicted molar refractivity (Wildman–Crippen MR) is 64.5 cm³/mol. The normalized spacial score (nSPS) is 8.35. The van der Waals surface area contributed by atoms with Crippen LogP contribution in [0.2, 0.25) is 0 Å². The predicted octanol–water partition coefficient (Wildman–Crippen LogP) is -1.13. The van der Waals surface area contributed by atoms with Crippen LogP contribution in [-0.2, 0) is 0 Å². The summed E-state index contributed by atoms with van der Waals surface area (Å²) in [6.45, 7) is -0.250. The average Bonchev–Trinajstić information content (AvgIpc) is 2.29. The Kier molecular flexibility index (Phi) is 10.4. The van der Waals surface area contributed by atoms with Gasteiger partial charge in [-0.1, -0.05) is 0 Å². The van der Waals surface area contributed by atoms with Crippen LogP contribution in [0.5, 0.6) is 0 Å². The van der Waals surface area contributed by atoms with E-state index in [1.165, 1.54) is 24.3 Å². The first-order valence-corrected chi connectivity index (χ1v) is 4.31. The molecule has 0 spiro atoms. The van der Waals surface area contributed by atoms with Gasteiger partial charge in [-0.2, -0.15) is 0 Å². The number of carboxylic acid groups (broad SMARTS) is 2. The van der Waals surface area contributed by atoms with Crippen LogP contribution in [0.15, 0.2) is 24.3 Å². The summed E-state index contributed by atoms with van der Waals surface area (Å²) in [5.41, 5.74) is 0.167. The first-order chi connectivity index (χ1) is 7.52. The monoisotopic (exact) mass is 258 g/mol. The van der Waals surface area contributed by atoms with E-state index in [4.69, 9.17) is 20.4 Å². The number of rotatable bonds is 3. The van der Waals surface area contributed by atoms with Crippen molar-refractivity contribution in [1.82, 2.24) is 0 Å². The fraction of sp³-hybridized carbons (Fsp3) is 0.200. The Morgan fingerprint density at radius 2 is 1.06 bits per heavy atom. The third kappa shape index (κ3) is 7.49. The second kappa shape index (κ2) is 9.81. The van der Waals surface area contributed by atoms with Crippen LogP contribution in [0.3, 0.4) is 0 Å². The molecule has 7 heteroatoms. The van der Waals surface area contributed by atoms with E-state index in [2.05, 4.69) is 0 Å². The highest BCUT2D eigenvalue weighted by Crippen LogP contribution is 2.03. The Balaban J connectivity index is 0. The molecule has 1 rings (SSSR count). The third-order valence-corrected chi connectivity index (χ3v) is 1.48. The summed E-state index contributed by atoms with van der Waals surface area (Å²) in [6, 6.07) is 5.02. The number of benzene rings is 1. The van der Waals surface area contributed by atoms with Gasteiger partial charge in [-0.15, -0.1) is 0 Å². The molecular weight excluding hydrogens is 243 g/mol. The molecule has 0 saturated carbocycles. The molecule has 0 aliphatic heterocycles. The Morgan fingerprint density at radius 1 is 0.824 bits per heavy atom. The molecule has 1 aromatic carbocycles. The van der Waals surface area contributed by atoms with Gasteiger partial charge in [0.1, 0.15) is 0 Å². The number of aliphatic hydroxyl groups excluding tert-OH is 2. The van der Waals surface area contributed by atoms with Crippen molar-refractivity contribution < 1.29 is 30.0 Å². The van der Waals surface area contributed by atoms with Crippen LogP contribution < -0.4 is 0 Å². The minimum atomic E-state index is -1.06. The molecule has 17 heavy (non-hydrogen) atoms. The van der Waals surface area contributed by atoms with E-state index in [0.29, 0.717) is 0 Å². The SMILES string of the molecule is O=C(O)c1ccc(C(=O)O)cc1.OCCO.[AlH3]. The van der Waals surface area contributed by atoms with Crippen LogP contribution in [0, 0.1) is 0 Å². The highest BCUT2D eigenvalue weighted by molar-refractivity contribution is 5.91. The summed E-state index contributed by atoms with van der Waals surface area (Å²) in [6.07, 6.45) is 0. The van der Waals surface area contributed by atoms with Gasteiger partial charge < -0.3 is 20.4 Å². The summed E-state index contributed by atoms with van der Waals surface area (Å²) in [7, 11) is 0. The van der Waals surface area contributed by atoms with E-state index >= 15 is 0 Å². The lowest BCUT2D eigenvalue weighted by atomic mass is 10.1. The standard InChI is InChI=1S/C8H6O4.C2H6O2.Al.3H/c9-7(10)5-1-2-6(4-3-5)8(11)12;3-1-2-4;;;;/h1-4H,(H,9,10)(H,11,12);3-4H,1-2H2;;;;. The van der Waals surface area contributed by atoms with Crippen molar-refractivity contribution in [3.63, 3.8) is 0 Å². The molecule has 0 amide bonds. The first-order valence-electron chi connectivity index (χ1n) is 4.31. The van der Waals surface area contributed by atoms with Crippen LogP contribution in [0.1, 0.15) is 20.7 Å². The van der Waals surface area contributed by atoms with Gasteiger partial charge in [0, 0.05) is 0 Å². The van der Waals surface area contributed by atoms with Crippen molar-refractivity contribution in [3.05, 3.63) is 35.4 Å². The quantitative estimate of drug-likeness (QED) is 0.510. The number of carbonyl (C=O) groups is 2. The van der Waals surface area contributed by atoms with E-state index in [1.54, 1.807) is 0 Å². The minimum Gasteiger partial charge on any atom is -0.478 e. The fourth-order valence-corrected chi connectivity index (χ4v) is 0.755. The Hall–Kier alpha value is -1.39. The van der Waals surface area contributed by atoms with Crippen LogP contribution >= 0.6 is 0 Å². The van der Waals surface area contributed by atoms with Crippen molar-refractivity contribution in [2.75, 3.05) is 13.2 Å². The Morgan fingerprint density at radius 3 is 1.18 bits per heavy atom. The van der Waals surface area contributed by atoms with Gasteiger partial charge in [0.2, 0.25) is 0 Å². The number of hydrogen-bond acceptors (Lipinski definition) is 4. The van der Waals surface area contributed by atoms with Crippen molar-refractivity contribution in [2.24, 2.45) is 0 Å². The largest absolute Gasteiger partial charge is 0.478 e. The van der Waals surface area contributed by atoms with E-state index < -0.39 is 11.9 Å². The van der Waals surface area contributed by atoms with Crippen molar-refractivity contribution in [3.8, 4) is 0 Å². The maximum atomic E-state index is 10.3. The molecule has 0 saturated heterocycles. The molecule has 0 radical (unpaired) electrons. The first kappa shape index (κ1) is 18.0. The Bertz CT molecular complexity index is 313. The Labute approximate surface area is 108 Å². The number of carboxylic acids is 2. The highest BCUT2D eigenvalue weighted by atomic mass is 27.0. The molecule has 4 N–H and O–H groups in total. The molecule has 0 heterocycles. The fourth-order valence-electron chi connectivity index (χ4n) is 0.755. The lowest BCUT2D eigenvalue weighted by molar-refractivity contribution is 0.0681. The summed E-state index contributed by atoms with van der Waals surface area (Å²) >= 11 is 0. The van der Waals surface area contributed by atoms with Crippen molar-refractivity contribution in [1.29, 1.82) is 0 Å². The summed E-state index contributed by atoms with van der Waals surface area (Å²) in [5, 5.41) is 32.2.